The molecule has 0 aliphatic rings. The number of alkyl halides is 11. The molecule has 180 valence electrons. The van der Waals surface area contributed by atoms with Crippen molar-refractivity contribution < 1.29 is 57.8 Å². The lowest BCUT2D eigenvalue weighted by molar-refractivity contribution is -0.423. The predicted molar refractivity (Wildman–Crippen MR) is 87.0 cm³/mol. The maximum Gasteiger partial charge on any atom is 0.460 e. The Morgan fingerprint density at radius 2 is 1.23 bits per heavy atom. The van der Waals surface area contributed by atoms with Crippen LogP contribution in [0.15, 0.2) is 24.3 Å². The molecule has 0 aromatic heterocycles. The van der Waals surface area contributed by atoms with Gasteiger partial charge in [0.1, 0.15) is 5.75 Å². The Morgan fingerprint density at radius 3 is 1.61 bits per heavy atom. The molecule has 31 heavy (non-hydrogen) atoms. The molecule has 1 rings (SSSR count). The maximum absolute atomic E-state index is 14.0. The largest absolute Gasteiger partial charge is 0.493 e. The molecule has 0 heterocycles. The van der Waals surface area contributed by atoms with Gasteiger partial charge in [0.2, 0.25) is 0 Å². The summed E-state index contributed by atoms with van der Waals surface area (Å²) in [4.78, 5) is 0. The molecule has 0 amide bonds. The zero-order chi connectivity index (χ0) is 24.5. The predicted octanol–water partition coefficient (Wildman–Crippen LogP) is 6.90. The van der Waals surface area contributed by atoms with Gasteiger partial charge in [0.25, 0.3) is 0 Å². The normalized spacial score (nSPS) is 15.3. The molecular formula is C18H19F11O2. The van der Waals surface area contributed by atoms with Crippen molar-refractivity contribution in [2.24, 2.45) is 5.92 Å². The average molecular weight is 476 g/mol. The van der Waals surface area contributed by atoms with Crippen LogP contribution in [-0.2, 0) is 4.74 Å². The molecule has 0 N–H and O–H groups in total. The van der Waals surface area contributed by atoms with Gasteiger partial charge in [-0.1, -0.05) is 26.0 Å². The van der Waals surface area contributed by atoms with E-state index in [1.165, 1.54) is 12.1 Å². The van der Waals surface area contributed by atoms with Crippen LogP contribution in [0, 0.1) is 5.92 Å². The van der Waals surface area contributed by atoms with E-state index in [1.54, 1.807) is 0 Å². The average Bonchev–Trinajstić information content (AvgIpc) is 2.63. The molecule has 0 fully saturated rings. The maximum atomic E-state index is 14.0. The van der Waals surface area contributed by atoms with Crippen molar-refractivity contribution in [2.75, 3.05) is 13.7 Å². The molecule has 0 saturated heterocycles. The Balaban J connectivity index is 3.16. The molecule has 1 aromatic carbocycles. The van der Waals surface area contributed by atoms with Crippen molar-refractivity contribution >= 4 is 0 Å². The minimum atomic E-state index is -7.44. The number of halogens is 11. The fourth-order valence-electron chi connectivity index (χ4n) is 2.34. The lowest BCUT2D eigenvalue weighted by Crippen LogP contribution is -2.66. The van der Waals surface area contributed by atoms with Crippen LogP contribution in [0.3, 0.4) is 0 Å². The van der Waals surface area contributed by atoms with E-state index in [1.807, 2.05) is 13.8 Å². The van der Waals surface area contributed by atoms with Crippen LogP contribution < -0.4 is 4.74 Å². The number of hydrogen-bond acceptors (Lipinski definition) is 2. The number of benzene rings is 1. The van der Waals surface area contributed by atoms with E-state index in [0.29, 0.717) is 0 Å². The first-order valence-electron chi connectivity index (χ1n) is 8.65. The van der Waals surface area contributed by atoms with Crippen LogP contribution in [0.5, 0.6) is 5.75 Å². The van der Waals surface area contributed by atoms with E-state index in [2.05, 4.69) is 4.74 Å². The van der Waals surface area contributed by atoms with Gasteiger partial charge in [-0.05, 0) is 23.6 Å². The van der Waals surface area contributed by atoms with Crippen molar-refractivity contribution in [3.8, 4) is 5.75 Å². The van der Waals surface area contributed by atoms with E-state index in [0.717, 1.165) is 19.2 Å². The Hall–Kier alpha value is -1.79. The number of hydrogen-bond donors (Lipinski definition) is 0. The van der Waals surface area contributed by atoms with Gasteiger partial charge in [0.15, 0.2) is 0 Å². The SMILES string of the molecule is COC(CC(F)(F)C(F)(F)C(F)(F)C(F)(F)C(F)(F)F)c1ccc(OCC(C)C)cc1. The van der Waals surface area contributed by atoms with Gasteiger partial charge in [0.05, 0.1) is 12.7 Å². The topological polar surface area (TPSA) is 18.5 Å². The van der Waals surface area contributed by atoms with E-state index in [4.69, 9.17) is 4.74 Å². The molecular weight excluding hydrogens is 457 g/mol. The third kappa shape index (κ3) is 5.35. The summed E-state index contributed by atoms with van der Waals surface area (Å²) in [5.74, 6) is -27.5. The van der Waals surface area contributed by atoms with Crippen molar-refractivity contribution in [2.45, 2.75) is 56.2 Å². The molecule has 1 aromatic rings. The summed E-state index contributed by atoms with van der Waals surface area (Å²) in [6, 6.07) is 4.60. The summed E-state index contributed by atoms with van der Waals surface area (Å²) >= 11 is 0. The molecule has 2 nitrogen and oxygen atoms in total. The second-order valence-corrected chi connectivity index (χ2v) is 7.13. The van der Waals surface area contributed by atoms with Gasteiger partial charge >= 0.3 is 29.9 Å². The minimum absolute atomic E-state index is 0.129. The summed E-state index contributed by atoms with van der Waals surface area (Å²) in [5.41, 5.74) is -0.249. The Bertz CT molecular complexity index is 712. The Labute approximate surface area is 170 Å². The molecule has 0 saturated carbocycles. The first-order valence-corrected chi connectivity index (χ1v) is 8.65. The first kappa shape index (κ1) is 27.2. The summed E-state index contributed by atoms with van der Waals surface area (Å²) in [7, 11) is 0.741. The van der Waals surface area contributed by atoms with Crippen molar-refractivity contribution in [3.63, 3.8) is 0 Å². The highest BCUT2D eigenvalue weighted by Crippen LogP contribution is 2.58. The summed E-state index contributed by atoms with van der Waals surface area (Å²) in [6.07, 6.45) is -11.5. The molecule has 13 heteroatoms. The van der Waals surface area contributed by atoms with Crippen molar-refractivity contribution in [1.82, 2.24) is 0 Å². The highest BCUT2D eigenvalue weighted by Gasteiger charge is 2.87. The zero-order valence-corrected chi connectivity index (χ0v) is 16.4. The molecule has 0 aliphatic carbocycles. The van der Waals surface area contributed by atoms with Gasteiger partial charge in [-0.3, -0.25) is 0 Å². The monoisotopic (exact) mass is 476 g/mol. The van der Waals surface area contributed by atoms with E-state index in [9.17, 15) is 48.3 Å². The lowest BCUT2D eigenvalue weighted by Gasteiger charge is -2.38. The van der Waals surface area contributed by atoms with Gasteiger partial charge in [-0.15, -0.1) is 0 Å². The Morgan fingerprint density at radius 1 is 0.742 bits per heavy atom. The lowest BCUT2D eigenvalue weighted by atomic mass is 9.92. The molecule has 1 unspecified atom stereocenters. The van der Waals surface area contributed by atoms with E-state index >= 15 is 0 Å². The molecule has 1 atom stereocenters. The van der Waals surface area contributed by atoms with Crippen LogP contribution in [0.2, 0.25) is 0 Å². The van der Waals surface area contributed by atoms with Crippen LogP contribution in [-0.4, -0.2) is 43.6 Å². The molecule has 0 spiro atoms. The standard InChI is InChI=1S/C18H19F11O2/c1-10(2)9-31-12-6-4-11(5-7-12)13(30-3)8-14(19,20)15(21,22)16(23,24)17(25,26)18(27,28)29/h4-7,10,13H,8-9H2,1-3H3. The van der Waals surface area contributed by atoms with Crippen molar-refractivity contribution in [1.29, 1.82) is 0 Å². The quantitative estimate of drug-likeness (QED) is 0.342. The van der Waals surface area contributed by atoms with Gasteiger partial charge in [0, 0.05) is 13.5 Å². The highest BCUT2D eigenvalue weighted by molar-refractivity contribution is 5.29. The highest BCUT2D eigenvalue weighted by atomic mass is 19.4. The minimum Gasteiger partial charge on any atom is -0.493 e. The van der Waals surface area contributed by atoms with Gasteiger partial charge < -0.3 is 9.47 Å². The summed E-state index contributed by atoms with van der Waals surface area (Å²) < 4.78 is 154. The fraction of sp³-hybridized carbons (Fsp3) is 0.667. The number of ether oxygens (including phenoxy) is 2. The van der Waals surface area contributed by atoms with Crippen molar-refractivity contribution in [3.05, 3.63) is 29.8 Å². The zero-order valence-electron chi connectivity index (χ0n) is 16.4. The fourth-order valence-corrected chi connectivity index (χ4v) is 2.34. The molecule has 0 radical (unpaired) electrons. The number of methoxy groups -OCH3 is 1. The first-order chi connectivity index (χ1) is 13.8. The van der Waals surface area contributed by atoms with E-state index in [-0.39, 0.29) is 23.8 Å². The van der Waals surface area contributed by atoms with Crippen LogP contribution in [0.25, 0.3) is 0 Å². The smallest absolute Gasteiger partial charge is 0.460 e. The third-order valence-corrected chi connectivity index (χ3v) is 4.17. The number of rotatable bonds is 10. The van der Waals surface area contributed by atoms with Gasteiger partial charge in [-0.25, -0.2) is 0 Å². The van der Waals surface area contributed by atoms with Crippen LogP contribution >= 0.6 is 0 Å². The van der Waals surface area contributed by atoms with Crippen LogP contribution in [0.4, 0.5) is 48.3 Å². The Kier molecular flexibility index (Phi) is 7.90. The van der Waals surface area contributed by atoms with Crippen LogP contribution in [0.1, 0.15) is 31.9 Å². The summed E-state index contributed by atoms with van der Waals surface area (Å²) in [6.45, 7) is 3.94. The summed E-state index contributed by atoms with van der Waals surface area (Å²) in [5, 5.41) is 0. The molecule has 0 bridgehead atoms. The molecule has 0 aliphatic heterocycles. The van der Waals surface area contributed by atoms with Gasteiger partial charge in [-0.2, -0.15) is 48.3 Å². The second-order valence-electron chi connectivity index (χ2n) is 7.13. The third-order valence-electron chi connectivity index (χ3n) is 4.17. The second kappa shape index (κ2) is 8.99. The van der Waals surface area contributed by atoms with E-state index < -0.39 is 42.4 Å².